The van der Waals surface area contributed by atoms with Crippen LogP contribution in [0.1, 0.15) is 22.5 Å². The quantitative estimate of drug-likeness (QED) is 0.535. The molecule has 3 amide bonds. The van der Waals surface area contributed by atoms with Gasteiger partial charge in [0.2, 0.25) is 5.91 Å². The number of urea groups is 1. The number of nitrogens with zero attached hydrogens (tertiary/aromatic N) is 1. The Labute approximate surface area is 198 Å². The molecule has 1 aliphatic rings. The van der Waals surface area contributed by atoms with Gasteiger partial charge in [0, 0.05) is 19.5 Å². The average molecular weight is 464 g/mol. The van der Waals surface area contributed by atoms with Gasteiger partial charge >= 0.3 is 6.03 Å². The Balaban J connectivity index is 1.45. The minimum Gasteiger partial charge on any atom is -0.493 e. The van der Waals surface area contributed by atoms with Crippen LogP contribution in [0.15, 0.2) is 65.3 Å². The normalized spacial score (nSPS) is 13.5. The number of hydrogen-bond donors (Lipinski definition) is 2. The second-order valence-corrected chi connectivity index (χ2v) is 8.14. The second kappa shape index (κ2) is 10.8. The lowest BCUT2D eigenvalue weighted by Gasteiger charge is -2.31. The number of benzene rings is 2. The maximum Gasteiger partial charge on any atom is 0.318 e. The van der Waals surface area contributed by atoms with E-state index in [9.17, 15) is 9.59 Å². The summed E-state index contributed by atoms with van der Waals surface area (Å²) in [7, 11) is 3.20. The van der Waals surface area contributed by atoms with E-state index in [-0.39, 0.29) is 18.5 Å². The summed E-state index contributed by atoms with van der Waals surface area (Å²) in [5.41, 5.74) is 3.08. The van der Waals surface area contributed by atoms with Gasteiger partial charge in [-0.3, -0.25) is 4.79 Å². The van der Waals surface area contributed by atoms with Gasteiger partial charge in [-0.15, -0.1) is 0 Å². The van der Waals surface area contributed by atoms with E-state index in [0.717, 1.165) is 16.7 Å². The van der Waals surface area contributed by atoms with E-state index < -0.39 is 6.04 Å². The number of rotatable bonds is 8. The Morgan fingerprint density at radius 1 is 1.03 bits per heavy atom. The molecule has 8 nitrogen and oxygen atoms in total. The molecular formula is C26H29N3O5. The summed E-state index contributed by atoms with van der Waals surface area (Å²) < 4.78 is 16.1. The number of methoxy groups -OCH3 is 2. The minimum atomic E-state index is -0.725. The van der Waals surface area contributed by atoms with E-state index in [1.807, 2.05) is 42.5 Å². The van der Waals surface area contributed by atoms with Crippen molar-refractivity contribution in [2.24, 2.45) is 0 Å². The highest BCUT2D eigenvalue weighted by Crippen LogP contribution is 2.33. The fourth-order valence-corrected chi connectivity index (χ4v) is 4.07. The van der Waals surface area contributed by atoms with Gasteiger partial charge in [0.1, 0.15) is 11.8 Å². The molecule has 0 saturated heterocycles. The Bertz CT molecular complexity index is 1110. The van der Waals surface area contributed by atoms with Crippen LogP contribution in [0.5, 0.6) is 11.5 Å². The molecule has 178 valence electrons. The molecule has 2 heterocycles. The first-order valence-electron chi connectivity index (χ1n) is 11.2. The van der Waals surface area contributed by atoms with E-state index in [0.29, 0.717) is 43.2 Å². The summed E-state index contributed by atoms with van der Waals surface area (Å²) in [6.45, 7) is 1.22. The molecule has 34 heavy (non-hydrogen) atoms. The molecule has 8 heteroatoms. The second-order valence-electron chi connectivity index (χ2n) is 8.14. The van der Waals surface area contributed by atoms with Crippen molar-refractivity contribution >= 4 is 11.9 Å². The SMILES string of the molecule is COc1cc2c(cc1OC)CN(C(=O)NC(Cc1ccccc1)C(=O)NCc1ccco1)CC2. The summed E-state index contributed by atoms with van der Waals surface area (Å²) >= 11 is 0. The van der Waals surface area contributed by atoms with Gasteiger partial charge in [-0.25, -0.2) is 4.79 Å². The molecule has 0 aliphatic carbocycles. The first kappa shape index (κ1) is 23.2. The lowest BCUT2D eigenvalue weighted by Crippen LogP contribution is -2.52. The van der Waals surface area contributed by atoms with Crippen LogP contribution in [0.4, 0.5) is 4.79 Å². The molecule has 2 N–H and O–H groups in total. The minimum absolute atomic E-state index is 0.256. The predicted molar refractivity (Wildman–Crippen MR) is 127 cm³/mol. The molecule has 1 atom stereocenters. The number of fused-ring (bicyclic) bond motifs is 1. The number of furan rings is 1. The predicted octanol–water partition coefficient (Wildman–Crippen LogP) is 3.29. The molecular weight excluding hydrogens is 434 g/mol. The zero-order valence-corrected chi connectivity index (χ0v) is 19.4. The van der Waals surface area contributed by atoms with Crippen molar-refractivity contribution in [3.05, 3.63) is 83.3 Å². The van der Waals surface area contributed by atoms with E-state index in [4.69, 9.17) is 13.9 Å². The van der Waals surface area contributed by atoms with Crippen molar-refractivity contribution in [3.8, 4) is 11.5 Å². The van der Waals surface area contributed by atoms with Gasteiger partial charge in [0.25, 0.3) is 0 Å². The van der Waals surface area contributed by atoms with E-state index >= 15 is 0 Å². The first-order chi connectivity index (χ1) is 16.6. The van der Waals surface area contributed by atoms with Crippen molar-refractivity contribution in [1.82, 2.24) is 15.5 Å². The number of nitrogens with one attached hydrogen (secondary N) is 2. The molecule has 0 fully saturated rings. The smallest absolute Gasteiger partial charge is 0.318 e. The highest BCUT2D eigenvalue weighted by Gasteiger charge is 2.27. The van der Waals surface area contributed by atoms with Gasteiger partial charge in [-0.05, 0) is 47.4 Å². The third-order valence-corrected chi connectivity index (χ3v) is 5.92. The third-order valence-electron chi connectivity index (χ3n) is 5.92. The molecule has 1 aliphatic heterocycles. The summed E-state index contributed by atoms with van der Waals surface area (Å²) in [5, 5.41) is 5.80. The fraction of sp³-hybridized carbons (Fsp3) is 0.308. The molecule has 0 bridgehead atoms. The summed E-state index contributed by atoms with van der Waals surface area (Å²) in [6.07, 6.45) is 2.63. The van der Waals surface area contributed by atoms with Gasteiger partial charge in [-0.1, -0.05) is 30.3 Å². The average Bonchev–Trinajstić information content (AvgIpc) is 3.40. The lowest BCUT2D eigenvalue weighted by molar-refractivity contribution is -0.123. The zero-order valence-electron chi connectivity index (χ0n) is 19.4. The van der Waals surface area contributed by atoms with Gasteiger partial charge < -0.3 is 29.4 Å². The van der Waals surface area contributed by atoms with Crippen molar-refractivity contribution in [1.29, 1.82) is 0 Å². The van der Waals surface area contributed by atoms with Gasteiger partial charge in [-0.2, -0.15) is 0 Å². The van der Waals surface area contributed by atoms with Crippen molar-refractivity contribution < 1.29 is 23.5 Å². The van der Waals surface area contributed by atoms with Crippen LogP contribution >= 0.6 is 0 Å². The topological polar surface area (TPSA) is 93.0 Å². The molecule has 1 unspecified atom stereocenters. The Hall–Kier alpha value is -3.94. The van der Waals surface area contributed by atoms with E-state index in [2.05, 4.69) is 10.6 Å². The van der Waals surface area contributed by atoms with Crippen molar-refractivity contribution in [3.63, 3.8) is 0 Å². The largest absolute Gasteiger partial charge is 0.493 e. The van der Waals surface area contributed by atoms with Gasteiger partial charge in [0.05, 0.1) is 27.0 Å². The molecule has 0 radical (unpaired) electrons. The van der Waals surface area contributed by atoms with Crippen LogP contribution in [0.3, 0.4) is 0 Å². The maximum absolute atomic E-state index is 13.2. The molecule has 0 saturated carbocycles. The maximum atomic E-state index is 13.2. The summed E-state index contributed by atoms with van der Waals surface area (Å²) in [4.78, 5) is 27.9. The van der Waals surface area contributed by atoms with Crippen LogP contribution in [0.2, 0.25) is 0 Å². The van der Waals surface area contributed by atoms with Crippen LogP contribution in [0, 0.1) is 0 Å². The number of hydrogen-bond acceptors (Lipinski definition) is 5. The molecule has 4 rings (SSSR count). The van der Waals surface area contributed by atoms with Crippen LogP contribution < -0.4 is 20.1 Å². The Morgan fingerprint density at radius 2 is 1.76 bits per heavy atom. The number of carbonyl (C=O) groups is 2. The van der Waals surface area contributed by atoms with E-state index in [1.165, 1.54) is 0 Å². The van der Waals surface area contributed by atoms with Gasteiger partial charge in [0.15, 0.2) is 11.5 Å². The summed E-state index contributed by atoms with van der Waals surface area (Å²) in [5.74, 6) is 1.69. The highest BCUT2D eigenvalue weighted by molar-refractivity contribution is 5.87. The number of ether oxygens (including phenoxy) is 2. The Kier molecular flexibility index (Phi) is 7.37. The standard InChI is InChI=1S/C26H29N3O5/c1-32-23-14-19-10-11-29(17-20(19)15-24(23)33-2)26(31)28-22(13-18-7-4-3-5-8-18)25(30)27-16-21-9-6-12-34-21/h3-9,12,14-15,22H,10-11,13,16-17H2,1-2H3,(H,27,30)(H,28,31). The molecule has 1 aromatic heterocycles. The van der Waals surface area contributed by atoms with E-state index in [1.54, 1.807) is 37.5 Å². The number of carbonyl (C=O) groups excluding carboxylic acids is 2. The highest BCUT2D eigenvalue weighted by atomic mass is 16.5. The summed E-state index contributed by atoms with van der Waals surface area (Å²) in [6, 6.07) is 16.0. The first-order valence-corrected chi connectivity index (χ1v) is 11.2. The molecule has 0 spiro atoms. The lowest BCUT2D eigenvalue weighted by atomic mass is 9.99. The molecule has 2 aromatic carbocycles. The fourth-order valence-electron chi connectivity index (χ4n) is 4.07. The Morgan fingerprint density at radius 3 is 2.44 bits per heavy atom. The third kappa shape index (κ3) is 5.51. The number of amides is 3. The van der Waals surface area contributed by atoms with Crippen LogP contribution in [-0.4, -0.2) is 43.6 Å². The van der Waals surface area contributed by atoms with Crippen molar-refractivity contribution in [2.75, 3.05) is 20.8 Å². The molecule has 3 aromatic rings. The monoisotopic (exact) mass is 463 g/mol. The zero-order chi connectivity index (χ0) is 23.9. The van der Waals surface area contributed by atoms with Crippen LogP contribution in [0.25, 0.3) is 0 Å². The van der Waals surface area contributed by atoms with Crippen LogP contribution in [-0.2, 0) is 30.7 Å². The van der Waals surface area contributed by atoms with Crippen molar-refractivity contribution in [2.45, 2.75) is 32.0 Å².